The van der Waals surface area contributed by atoms with E-state index in [9.17, 15) is 13.2 Å². The Labute approximate surface area is 132 Å². The van der Waals surface area contributed by atoms with Crippen LogP contribution in [0, 0.1) is 0 Å². The smallest absolute Gasteiger partial charge is 0.318 e. The first kappa shape index (κ1) is 17.9. The molecule has 0 aliphatic heterocycles. The van der Waals surface area contributed by atoms with E-state index in [1.54, 1.807) is 19.9 Å². The molecule has 1 unspecified atom stereocenters. The largest absolute Gasteiger partial charge is 0.495 e. The third-order valence-electron chi connectivity index (χ3n) is 3.09. The van der Waals surface area contributed by atoms with Crippen LogP contribution in [0.4, 0.5) is 0 Å². The molecule has 118 valence electrons. The Bertz CT molecular complexity index is 617. The first-order valence-corrected chi connectivity index (χ1v) is 8.54. The quantitative estimate of drug-likeness (QED) is 0.785. The highest BCUT2D eigenvalue weighted by atomic mass is 79.9. The predicted molar refractivity (Wildman–Crippen MR) is 82.0 cm³/mol. The molecule has 0 aliphatic rings. The van der Waals surface area contributed by atoms with Crippen molar-refractivity contribution in [1.29, 1.82) is 0 Å². The molecule has 0 saturated carbocycles. The second kappa shape index (κ2) is 7.24. The van der Waals surface area contributed by atoms with Crippen molar-refractivity contribution in [1.82, 2.24) is 4.31 Å². The number of halogens is 1. The summed E-state index contributed by atoms with van der Waals surface area (Å²) in [7, 11) is -2.61. The van der Waals surface area contributed by atoms with Crippen LogP contribution in [-0.2, 0) is 14.8 Å². The highest BCUT2D eigenvalue weighted by Gasteiger charge is 2.32. The second-order valence-corrected chi connectivity index (χ2v) is 7.27. The maximum atomic E-state index is 12.8. The molecule has 0 bridgehead atoms. The van der Waals surface area contributed by atoms with Crippen LogP contribution in [0.3, 0.4) is 0 Å². The number of carboxylic acids is 1. The van der Waals surface area contributed by atoms with E-state index in [0.717, 1.165) is 4.31 Å². The molecule has 6 nitrogen and oxygen atoms in total. The normalized spacial score (nSPS) is 13.2. The van der Waals surface area contributed by atoms with Crippen LogP contribution in [0.2, 0.25) is 0 Å². The molecule has 0 amide bonds. The monoisotopic (exact) mass is 379 g/mol. The molecule has 0 radical (unpaired) electrons. The van der Waals surface area contributed by atoms with Gasteiger partial charge in [-0.2, -0.15) is 4.31 Å². The van der Waals surface area contributed by atoms with Crippen LogP contribution in [0.25, 0.3) is 0 Å². The molecule has 1 N–H and O–H groups in total. The lowest BCUT2D eigenvalue weighted by atomic mass is 10.2. The number of carboxylic acid groups (broad SMARTS) is 1. The molecular formula is C13H18BrNO5S. The lowest BCUT2D eigenvalue weighted by Crippen LogP contribution is -2.41. The van der Waals surface area contributed by atoms with Crippen molar-refractivity contribution in [2.24, 2.45) is 0 Å². The minimum Gasteiger partial charge on any atom is -0.495 e. The molecule has 0 heterocycles. The van der Waals surface area contributed by atoms with Gasteiger partial charge in [-0.1, -0.05) is 22.9 Å². The van der Waals surface area contributed by atoms with Gasteiger partial charge in [0, 0.05) is 10.5 Å². The number of methoxy groups -OCH3 is 1. The Morgan fingerprint density at radius 2 is 2.10 bits per heavy atom. The molecule has 0 saturated heterocycles. The molecule has 1 rings (SSSR count). The fraction of sp³-hybridized carbons (Fsp3) is 0.462. The van der Waals surface area contributed by atoms with E-state index >= 15 is 0 Å². The van der Waals surface area contributed by atoms with Gasteiger partial charge in [0.1, 0.15) is 17.2 Å². The Morgan fingerprint density at radius 1 is 1.48 bits per heavy atom. The van der Waals surface area contributed by atoms with E-state index in [4.69, 9.17) is 9.84 Å². The Balaban J connectivity index is 3.41. The molecule has 0 spiro atoms. The van der Waals surface area contributed by atoms with Gasteiger partial charge in [-0.05, 0) is 31.5 Å². The number of nitrogens with zero attached hydrogens (tertiary/aromatic N) is 1. The predicted octanol–water partition coefficient (Wildman–Crippen LogP) is 2.33. The fourth-order valence-electron chi connectivity index (χ4n) is 1.79. The Morgan fingerprint density at radius 3 is 2.57 bits per heavy atom. The number of rotatable bonds is 7. The van der Waals surface area contributed by atoms with E-state index in [1.165, 1.54) is 19.2 Å². The van der Waals surface area contributed by atoms with Gasteiger partial charge in [0.05, 0.1) is 7.11 Å². The van der Waals surface area contributed by atoms with Crippen molar-refractivity contribution in [2.75, 3.05) is 13.7 Å². The van der Waals surface area contributed by atoms with Gasteiger partial charge >= 0.3 is 5.97 Å². The number of aliphatic carboxylic acids is 1. The van der Waals surface area contributed by atoms with Gasteiger partial charge in [-0.3, -0.25) is 4.79 Å². The van der Waals surface area contributed by atoms with Crippen molar-refractivity contribution in [3.63, 3.8) is 0 Å². The van der Waals surface area contributed by atoms with Crippen molar-refractivity contribution in [3.05, 3.63) is 22.7 Å². The summed E-state index contributed by atoms with van der Waals surface area (Å²) in [5, 5.41) is 8.97. The van der Waals surface area contributed by atoms with Gasteiger partial charge in [0.2, 0.25) is 10.0 Å². The Hall–Kier alpha value is -1.12. The summed E-state index contributed by atoms with van der Waals surface area (Å²) < 4.78 is 32.1. The van der Waals surface area contributed by atoms with Gasteiger partial charge in [0.15, 0.2) is 0 Å². The summed E-state index contributed by atoms with van der Waals surface area (Å²) in [6.07, 6.45) is 0.503. The molecule has 0 aliphatic carbocycles. The highest BCUT2D eigenvalue weighted by molar-refractivity contribution is 9.10. The number of carbonyl (C=O) groups is 1. The van der Waals surface area contributed by atoms with Gasteiger partial charge in [-0.15, -0.1) is 0 Å². The molecular weight excluding hydrogens is 362 g/mol. The van der Waals surface area contributed by atoms with Gasteiger partial charge in [-0.25, -0.2) is 8.42 Å². The zero-order valence-corrected chi connectivity index (χ0v) is 14.4. The first-order chi connectivity index (χ1) is 9.73. The average molecular weight is 380 g/mol. The molecule has 0 fully saturated rings. The molecule has 1 aromatic carbocycles. The highest BCUT2D eigenvalue weighted by Crippen LogP contribution is 2.30. The average Bonchev–Trinajstić information content (AvgIpc) is 2.43. The standard InChI is InChI=1S/C13H18BrNO5S/c1-4-9(2)15(8-13(16)17)21(18,19)12-7-10(14)5-6-11(12)20-3/h5-7,9H,4,8H2,1-3H3,(H,16,17). The van der Waals surface area contributed by atoms with E-state index in [-0.39, 0.29) is 10.6 Å². The summed E-state index contributed by atoms with van der Waals surface area (Å²) in [6.45, 7) is 2.88. The van der Waals surface area contributed by atoms with E-state index in [1.807, 2.05) is 0 Å². The van der Waals surface area contributed by atoms with Crippen LogP contribution < -0.4 is 4.74 Å². The topological polar surface area (TPSA) is 83.9 Å². The van der Waals surface area contributed by atoms with Crippen LogP contribution in [0.15, 0.2) is 27.6 Å². The van der Waals surface area contributed by atoms with Crippen LogP contribution in [-0.4, -0.2) is 43.5 Å². The minimum atomic E-state index is -3.98. The molecule has 21 heavy (non-hydrogen) atoms. The Kier molecular flexibility index (Phi) is 6.18. The summed E-state index contributed by atoms with van der Waals surface area (Å²) in [4.78, 5) is 10.9. The molecule has 1 aromatic rings. The molecule has 1 atom stereocenters. The summed E-state index contributed by atoms with van der Waals surface area (Å²) in [5.74, 6) is -1.02. The number of hydrogen-bond donors (Lipinski definition) is 1. The zero-order chi connectivity index (χ0) is 16.2. The maximum Gasteiger partial charge on any atom is 0.318 e. The van der Waals surface area contributed by atoms with Crippen molar-refractivity contribution in [2.45, 2.75) is 31.2 Å². The lowest BCUT2D eigenvalue weighted by molar-refractivity contribution is -0.137. The van der Waals surface area contributed by atoms with E-state index in [0.29, 0.717) is 10.9 Å². The van der Waals surface area contributed by atoms with Crippen LogP contribution in [0.1, 0.15) is 20.3 Å². The SMILES string of the molecule is CCC(C)N(CC(=O)O)S(=O)(=O)c1cc(Br)ccc1OC. The number of ether oxygens (including phenoxy) is 1. The molecule has 0 aromatic heterocycles. The second-order valence-electron chi connectivity index (χ2n) is 4.50. The molecule has 8 heteroatoms. The summed E-state index contributed by atoms with van der Waals surface area (Å²) in [5.41, 5.74) is 0. The third-order valence-corrected chi connectivity index (χ3v) is 5.56. The van der Waals surface area contributed by atoms with Crippen LogP contribution >= 0.6 is 15.9 Å². The van der Waals surface area contributed by atoms with Gasteiger partial charge in [0.25, 0.3) is 0 Å². The zero-order valence-electron chi connectivity index (χ0n) is 12.0. The van der Waals surface area contributed by atoms with Crippen molar-refractivity contribution < 1.29 is 23.1 Å². The summed E-state index contributed by atoms with van der Waals surface area (Å²) in [6, 6.07) is 4.15. The van der Waals surface area contributed by atoms with Gasteiger partial charge < -0.3 is 9.84 Å². The first-order valence-electron chi connectivity index (χ1n) is 6.31. The van der Waals surface area contributed by atoms with E-state index in [2.05, 4.69) is 15.9 Å². The van der Waals surface area contributed by atoms with Crippen LogP contribution in [0.5, 0.6) is 5.75 Å². The van der Waals surface area contributed by atoms with Crippen molar-refractivity contribution >= 4 is 31.9 Å². The maximum absolute atomic E-state index is 12.8. The third kappa shape index (κ3) is 4.18. The number of sulfonamides is 1. The number of benzene rings is 1. The fourth-order valence-corrected chi connectivity index (χ4v) is 4.14. The van der Waals surface area contributed by atoms with Crippen molar-refractivity contribution in [3.8, 4) is 5.75 Å². The van der Waals surface area contributed by atoms with E-state index < -0.39 is 28.6 Å². The number of hydrogen-bond acceptors (Lipinski definition) is 4. The summed E-state index contributed by atoms with van der Waals surface area (Å²) >= 11 is 3.22. The lowest BCUT2D eigenvalue weighted by Gasteiger charge is -2.26. The minimum absolute atomic E-state index is 0.0547.